The Kier molecular flexibility index (Phi) is 18.7. The van der Waals surface area contributed by atoms with Gasteiger partial charge in [0.25, 0.3) is 5.96 Å². The van der Waals surface area contributed by atoms with Crippen molar-refractivity contribution in [2.75, 3.05) is 6.54 Å². The quantitative estimate of drug-likeness (QED) is 0.0385. The highest BCUT2D eigenvalue weighted by Crippen LogP contribution is 2.19. The number of allylic oxidation sites excluding steroid dienone is 2. The average Bonchev–Trinajstić information content (AvgIpc) is 2.68. The van der Waals surface area contributed by atoms with Crippen molar-refractivity contribution in [2.45, 2.75) is 92.9 Å². The highest BCUT2D eigenvalue weighted by Gasteiger charge is 2.30. The van der Waals surface area contributed by atoms with Gasteiger partial charge in [-0.25, -0.2) is 15.1 Å². The molecule has 0 aliphatic heterocycles. The second-order valence-electron chi connectivity index (χ2n) is 9.54. The summed E-state index contributed by atoms with van der Waals surface area (Å²) in [5.74, 6) is -2.01. The minimum atomic E-state index is -1.71. The number of carbonyl (C=O) groups excluding carboxylic acids is 2. The van der Waals surface area contributed by atoms with E-state index in [2.05, 4.69) is 16.4 Å². The number of nitrogens with zero attached hydrogens (tertiary/aromatic N) is 2. The van der Waals surface area contributed by atoms with Crippen molar-refractivity contribution in [1.82, 2.24) is 10.7 Å². The fourth-order valence-electron chi connectivity index (χ4n) is 3.56. The average molecular weight is 499 g/mol. The van der Waals surface area contributed by atoms with E-state index < -0.39 is 29.9 Å². The lowest BCUT2D eigenvalue weighted by Gasteiger charge is -2.23. The van der Waals surface area contributed by atoms with Crippen molar-refractivity contribution in [3.63, 3.8) is 0 Å². The molecule has 12 heteroatoms. The first-order valence-electron chi connectivity index (χ1n) is 11.8. The highest BCUT2D eigenvalue weighted by molar-refractivity contribution is 6.43. The number of nitrogens with one attached hydrogen (secondary N) is 2. The van der Waals surface area contributed by atoms with Gasteiger partial charge in [0.15, 0.2) is 5.03 Å². The molecule has 0 aliphatic carbocycles. The number of carbonyl (C=O) groups is 2. The largest absolute Gasteiger partial charge is 0.475 e. The Hall–Kier alpha value is -2.47. The zero-order valence-corrected chi connectivity index (χ0v) is 21.1. The standard InChI is InChI=1S/C22H42BN5O6.CH4/c1-15(2)8-6-9-17(5)13-19(29)14-18(10-7-11-25-22(24)27-28(33)34)21(30)26-20(23(31)32)12-16(3)4;/h8,16-18,20,31-32H,6-7,9-14H2,1-5H3,(H,26,30)(H3,24,25,27);1H4/t17-,18-,20+;/m1./s1. The first-order chi connectivity index (χ1) is 15.8. The zero-order valence-electron chi connectivity index (χ0n) is 21.1. The third-order valence-electron chi connectivity index (χ3n) is 5.24. The number of amides is 1. The van der Waals surface area contributed by atoms with Crippen LogP contribution in [0.1, 0.15) is 87.0 Å². The first-order valence-corrected chi connectivity index (χ1v) is 11.8. The van der Waals surface area contributed by atoms with E-state index in [1.54, 1.807) is 5.43 Å². The lowest BCUT2D eigenvalue weighted by Crippen LogP contribution is -2.49. The van der Waals surface area contributed by atoms with E-state index in [0.717, 1.165) is 12.8 Å². The van der Waals surface area contributed by atoms with Gasteiger partial charge >= 0.3 is 7.12 Å². The van der Waals surface area contributed by atoms with E-state index in [-0.39, 0.29) is 44.0 Å². The van der Waals surface area contributed by atoms with Crippen molar-refractivity contribution in [3.05, 3.63) is 21.8 Å². The minimum absolute atomic E-state index is 0. The van der Waals surface area contributed by atoms with E-state index in [9.17, 15) is 29.8 Å². The van der Waals surface area contributed by atoms with E-state index in [1.807, 2.05) is 34.6 Å². The Morgan fingerprint density at radius 2 is 1.80 bits per heavy atom. The van der Waals surface area contributed by atoms with Crippen LogP contribution in [-0.2, 0) is 9.59 Å². The van der Waals surface area contributed by atoms with Crippen LogP contribution >= 0.6 is 0 Å². The Bertz CT molecular complexity index is 711. The van der Waals surface area contributed by atoms with Crippen LogP contribution < -0.4 is 16.5 Å². The summed E-state index contributed by atoms with van der Waals surface area (Å²) in [4.78, 5) is 39.8. The molecule has 202 valence electrons. The van der Waals surface area contributed by atoms with Gasteiger partial charge < -0.3 is 21.1 Å². The number of guanidine groups is 1. The molecule has 0 saturated carbocycles. The third kappa shape index (κ3) is 18.5. The first kappa shape index (κ1) is 34.7. The Morgan fingerprint density at radius 3 is 2.31 bits per heavy atom. The van der Waals surface area contributed by atoms with Crippen molar-refractivity contribution >= 4 is 24.8 Å². The summed E-state index contributed by atoms with van der Waals surface area (Å²) in [5, 5.41) is 31.5. The van der Waals surface area contributed by atoms with Gasteiger partial charge in [0.05, 0.1) is 5.94 Å². The Balaban J connectivity index is 0. The van der Waals surface area contributed by atoms with Crippen LogP contribution in [0, 0.1) is 27.9 Å². The molecule has 0 aromatic rings. The lowest BCUT2D eigenvalue weighted by molar-refractivity contribution is -0.525. The molecule has 0 rings (SSSR count). The van der Waals surface area contributed by atoms with Crippen LogP contribution in [0.15, 0.2) is 16.6 Å². The van der Waals surface area contributed by atoms with E-state index in [1.165, 1.54) is 5.57 Å². The summed E-state index contributed by atoms with van der Waals surface area (Å²) >= 11 is 0. The molecule has 35 heavy (non-hydrogen) atoms. The summed E-state index contributed by atoms with van der Waals surface area (Å²) < 4.78 is 0. The second-order valence-corrected chi connectivity index (χ2v) is 9.54. The molecule has 0 aromatic heterocycles. The molecule has 0 unspecified atom stereocenters. The predicted octanol–water partition coefficient (Wildman–Crippen LogP) is 2.39. The van der Waals surface area contributed by atoms with Crippen molar-refractivity contribution < 1.29 is 24.7 Å². The zero-order chi connectivity index (χ0) is 26.3. The van der Waals surface area contributed by atoms with Gasteiger partial charge in [0, 0.05) is 25.3 Å². The summed E-state index contributed by atoms with van der Waals surface area (Å²) in [5.41, 5.74) is 8.37. The molecule has 3 atom stereocenters. The monoisotopic (exact) mass is 499 g/mol. The van der Waals surface area contributed by atoms with Crippen molar-refractivity contribution in [2.24, 2.45) is 28.5 Å². The van der Waals surface area contributed by atoms with Crippen LogP contribution in [0.3, 0.4) is 0 Å². The number of Topliss-reactive ketones (excluding diaryl/α,β-unsaturated/α-hetero) is 1. The molecule has 1 amide bonds. The van der Waals surface area contributed by atoms with E-state index in [0.29, 0.717) is 25.7 Å². The minimum Gasteiger partial charge on any atom is -0.426 e. The van der Waals surface area contributed by atoms with E-state index in [4.69, 9.17) is 5.73 Å². The fourth-order valence-corrected chi connectivity index (χ4v) is 3.56. The van der Waals surface area contributed by atoms with E-state index >= 15 is 0 Å². The maximum atomic E-state index is 12.9. The number of hydrogen-bond donors (Lipinski definition) is 5. The number of aliphatic imine (C=N–C) groups is 1. The van der Waals surface area contributed by atoms with Crippen molar-refractivity contribution in [3.8, 4) is 0 Å². The summed E-state index contributed by atoms with van der Waals surface area (Å²) in [6, 6.07) is 0. The maximum Gasteiger partial charge on any atom is 0.475 e. The lowest BCUT2D eigenvalue weighted by atomic mass is 9.74. The van der Waals surface area contributed by atoms with Crippen LogP contribution in [0.2, 0.25) is 0 Å². The summed E-state index contributed by atoms with van der Waals surface area (Å²) in [6.45, 7) is 10.0. The normalized spacial score (nSPS) is 13.8. The topological polar surface area (TPSA) is 180 Å². The second kappa shape index (κ2) is 18.8. The predicted molar refractivity (Wildman–Crippen MR) is 140 cm³/mol. The SMILES string of the molecule is C.CC(C)=CCC[C@@H](C)CC(=O)C[C@@H](CCCN=C(N)N[N+](=O)[O-])C(=O)N[C@@H](CC(C)C)B(O)O. The molecule has 0 aliphatic rings. The molecular weight excluding hydrogens is 453 g/mol. The number of ketones is 1. The fraction of sp³-hybridized carbons (Fsp3) is 0.783. The number of hydrogen-bond acceptors (Lipinski definition) is 7. The molecule has 0 bridgehead atoms. The number of hydrazine groups is 1. The molecule has 0 saturated heterocycles. The smallest absolute Gasteiger partial charge is 0.426 e. The number of nitro groups is 1. The Morgan fingerprint density at radius 1 is 1.17 bits per heavy atom. The van der Waals surface area contributed by atoms with Crippen LogP contribution in [0.25, 0.3) is 0 Å². The third-order valence-corrected chi connectivity index (χ3v) is 5.24. The van der Waals surface area contributed by atoms with Gasteiger partial charge in [-0.2, -0.15) is 0 Å². The summed E-state index contributed by atoms with van der Waals surface area (Å²) in [6.07, 6.45) is 5.33. The maximum absolute atomic E-state index is 12.9. The molecule has 11 nitrogen and oxygen atoms in total. The molecule has 0 spiro atoms. The summed E-state index contributed by atoms with van der Waals surface area (Å²) in [7, 11) is -1.71. The Labute approximate surface area is 210 Å². The van der Waals surface area contributed by atoms with Crippen LogP contribution in [0.5, 0.6) is 0 Å². The van der Waals surface area contributed by atoms with Crippen LogP contribution in [0.4, 0.5) is 0 Å². The van der Waals surface area contributed by atoms with Crippen LogP contribution in [-0.4, -0.2) is 52.3 Å². The number of rotatable bonds is 17. The molecular formula is C23H46BN5O6. The van der Waals surface area contributed by atoms with Gasteiger partial charge in [-0.1, -0.05) is 45.3 Å². The molecule has 0 fully saturated rings. The highest BCUT2D eigenvalue weighted by atomic mass is 16.7. The van der Waals surface area contributed by atoms with Gasteiger partial charge in [0.1, 0.15) is 5.78 Å². The van der Waals surface area contributed by atoms with Gasteiger partial charge in [-0.05, 0) is 57.8 Å². The molecule has 0 heterocycles. The number of nitrogens with two attached hydrogens (primary N) is 1. The van der Waals surface area contributed by atoms with Gasteiger partial charge in [-0.15, -0.1) is 0 Å². The molecule has 0 radical (unpaired) electrons. The molecule has 0 aromatic carbocycles. The molecule has 6 N–H and O–H groups in total. The van der Waals surface area contributed by atoms with Gasteiger partial charge in [0.2, 0.25) is 5.91 Å². The van der Waals surface area contributed by atoms with Crippen molar-refractivity contribution in [1.29, 1.82) is 0 Å². The van der Waals surface area contributed by atoms with Gasteiger partial charge in [-0.3, -0.25) is 9.59 Å².